The molecule has 1 amide bonds. The Kier molecular flexibility index (Phi) is 3.88. The van der Waals surface area contributed by atoms with Crippen LogP contribution in [0.25, 0.3) is 0 Å². The first kappa shape index (κ1) is 16.2. The van der Waals surface area contributed by atoms with E-state index >= 15 is 0 Å². The van der Waals surface area contributed by atoms with E-state index in [0.717, 1.165) is 5.56 Å². The van der Waals surface area contributed by atoms with E-state index in [9.17, 15) is 9.59 Å². The minimum absolute atomic E-state index is 0.0338. The van der Waals surface area contributed by atoms with E-state index in [1.807, 2.05) is 18.2 Å². The average Bonchev–Trinajstić information content (AvgIpc) is 3.14. The van der Waals surface area contributed by atoms with Gasteiger partial charge >= 0.3 is 5.97 Å². The van der Waals surface area contributed by atoms with Crippen LogP contribution in [0.15, 0.2) is 55.1 Å². The summed E-state index contributed by atoms with van der Waals surface area (Å²) in [4.78, 5) is 25.9. The summed E-state index contributed by atoms with van der Waals surface area (Å²) in [6.45, 7) is 3.99. The topological polar surface area (TPSA) is 65.1 Å². The van der Waals surface area contributed by atoms with E-state index in [4.69, 9.17) is 14.2 Å². The molecule has 2 aromatic rings. The molecule has 0 spiro atoms. The van der Waals surface area contributed by atoms with Crippen molar-refractivity contribution in [3.8, 4) is 11.5 Å². The molecule has 2 atom stereocenters. The molecule has 0 radical (unpaired) electrons. The number of nitrogens with zero attached hydrogens (tertiary/aromatic N) is 1. The largest absolute Gasteiger partial charge is 0.465 e. The van der Waals surface area contributed by atoms with Crippen molar-refractivity contribution in [2.45, 2.75) is 6.04 Å². The van der Waals surface area contributed by atoms with Crippen molar-refractivity contribution in [3.63, 3.8) is 0 Å². The number of hydrogen-bond acceptors (Lipinski definition) is 5. The summed E-state index contributed by atoms with van der Waals surface area (Å²) in [5.74, 6) is 0.612. The fourth-order valence-corrected chi connectivity index (χ4v) is 3.36. The lowest BCUT2D eigenvalue weighted by Crippen LogP contribution is -2.54. The van der Waals surface area contributed by atoms with Gasteiger partial charge in [-0.25, -0.2) is 4.79 Å². The highest BCUT2D eigenvalue weighted by molar-refractivity contribution is 6.04. The highest BCUT2D eigenvalue weighted by atomic mass is 16.7. The van der Waals surface area contributed by atoms with Crippen LogP contribution in [0.2, 0.25) is 0 Å². The number of esters is 1. The molecule has 0 saturated carbocycles. The zero-order valence-electron chi connectivity index (χ0n) is 14.2. The molecule has 4 rings (SSSR count). The smallest absolute Gasteiger partial charge is 0.337 e. The Balaban J connectivity index is 1.67. The average molecular weight is 351 g/mol. The number of carbonyl (C=O) groups is 2. The van der Waals surface area contributed by atoms with Crippen molar-refractivity contribution in [3.05, 3.63) is 66.2 Å². The maximum absolute atomic E-state index is 12.6. The third-order valence-electron chi connectivity index (χ3n) is 4.70. The standard InChI is InChI=1S/C20H17NO5/c1-3-15-18(13-6-9-16-17(10-13)26-11-25-16)21(19(15)22)14-7-4-12(5-8-14)20(23)24-2/h3-10,15,18H,1,11H2,2H3/t15-,18-/m1/s1. The van der Waals surface area contributed by atoms with Gasteiger partial charge in [-0.1, -0.05) is 12.1 Å². The maximum atomic E-state index is 12.6. The molecule has 6 heteroatoms. The predicted octanol–water partition coefficient (Wildman–Crippen LogP) is 3.09. The number of ether oxygens (including phenoxy) is 3. The second kappa shape index (κ2) is 6.22. The number of benzene rings is 2. The second-order valence-corrected chi connectivity index (χ2v) is 6.07. The molecule has 6 nitrogen and oxygen atoms in total. The van der Waals surface area contributed by atoms with Gasteiger partial charge in [-0.15, -0.1) is 6.58 Å². The maximum Gasteiger partial charge on any atom is 0.337 e. The third kappa shape index (κ3) is 2.42. The summed E-state index contributed by atoms with van der Waals surface area (Å²) in [5.41, 5.74) is 2.09. The quantitative estimate of drug-likeness (QED) is 0.481. The van der Waals surface area contributed by atoms with Gasteiger partial charge in [-0.2, -0.15) is 0 Å². The Labute approximate surface area is 150 Å². The van der Waals surface area contributed by atoms with E-state index in [-0.39, 0.29) is 24.7 Å². The fourth-order valence-electron chi connectivity index (χ4n) is 3.36. The van der Waals surface area contributed by atoms with E-state index in [1.54, 1.807) is 35.2 Å². The molecule has 2 aliphatic rings. The lowest BCUT2D eigenvalue weighted by molar-refractivity contribution is -0.128. The number of amides is 1. The van der Waals surface area contributed by atoms with Crippen LogP contribution in [0.5, 0.6) is 11.5 Å². The molecule has 0 aliphatic carbocycles. The SMILES string of the molecule is C=C[C@H]1C(=O)N(c2ccc(C(=O)OC)cc2)[C@@H]1c1ccc2c(c1)OCO2. The van der Waals surface area contributed by atoms with Gasteiger partial charge in [-0.05, 0) is 42.0 Å². The van der Waals surface area contributed by atoms with Crippen molar-refractivity contribution in [2.75, 3.05) is 18.8 Å². The molecule has 0 N–H and O–H groups in total. The summed E-state index contributed by atoms with van der Waals surface area (Å²) in [6.07, 6.45) is 1.66. The molecular weight excluding hydrogens is 334 g/mol. The van der Waals surface area contributed by atoms with Crippen LogP contribution < -0.4 is 14.4 Å². The molecule has 1 saturated heterocycles. The van der Waals surface area contributed by atoms with Gasteiger partial charge in [0.2, 0.25) is 12.7 Å². The van der Waals surface area contributed by atoms with Gasteiger partial charge in [-0.3, -0.25) is 4.79 Å². The van der Waals surface area contributed by atoms with Gasteiger partial charge in [0.15, 0.2) is 11.5 Å². The molecule has 2 aliphatic heterocycles. The molecule has 26 heavy (non-hydrogen) atoms. The fraction of sp³-hybridized carbons (Fsp3) is 0.200. The predicted molar refractivity (Wildman–Crippen MR) is 94.3 cm³/mol. The van der Waals surface area contributed by atoms with Gasteiger partial charge in [0.05, 0.1) is 24.6 Å². The van der Waals surface area contributed by atoms with E-state index in [2.05, 4.69) is 6.58 Å². The minimum atomic E-state index is -0.414. The number of methoxy groups -OCH3 is 1. The van der Waals surface area contributed by atoms with Gasteiger partial charge < -0.3 is 19.1 Å². The molecule has 2 heterocycles. The first-order valence-corrected chi connectivity index (χ1v) is 8.17. The Morgan fingerprint density at radius 3 is 2.62 bits per heavy atom. The van der Waals surface area contributed by atoms with Gasteiger partial charge in [0.1, 0.15) is 0 Å². The van der Waals surface area contributed by atoms with Crippen LogP contribution in [0.1, 0.15) is 22.0 Å². The van der Waals surface area contributed by atoms with Crippen molar-refractivity contribution in [1.29, 1.82) is 0 Å². The Morgan fingerprint density at radius 2 is 1.92 bits per heavy atom. The minimum Gasteiger partial charge on any atom is -0.465 e. The molecule has 1 fully saturated rings. The second-order valence-electron chi connectivity index (χ2n) is 6.07. The van der Waals surface area contributed by atoms with Crippen molar-refractivity contribution >= 4 is 17.6 Å². The summed E-state index contributed by atoms with van der Waals surface area (Å²) >= 11 is 0. The van der Waals surface area contributed by atoms with Crippen LogP contribution in [-0.4, -0.2) is 25.8 Å². The van der Waals surface area contributed by atoms with Crippen LogP contribution in [-0.2, 0) is 9.53 Å². The molecule has 0 aromatic heterocycles. The van der Waals surface area contributed by atoms with Crippen LogP contribution >= 0.6 is 0 Å². The van der Waals surface area contributed by atoms with Crippen molar-refractivity contribution in [1.82, 2.24) is 0 Å². The van der Waals surface area contributed by atoms with Crippen molar-refractivity contribution in [2.24, 2.45) is 5.92 Å². The Hall–Kier alpha value is -3.28. The number of hydrogen-bond donors (Lipinski definition) is 0. The first-order chi connectivity index (χ1) is 12.6. The molecule has 0 bridgehead atoms. The zero-order chi connectivity index (χ0) is 18.3. The summed E-state index contributed by atoms with van der Waals surface area (Å²) in [6, 6.07) is 12.3. The Morgan fingerprint density at radius 1 is 1.19 bits per heavy atom. The number of fused-ring (bicyclic) bond motifs is 1. The lowest BCUT2D eigenvalue weighted by atomic mass is 9.81. The lowest BCUT2D eigenvalue weighted by Gasteiger charge is -2.46. The zero-order valence-corrected chi connectivity index (χ0v) is 14.2. The molecule has 2 aromatic carbocycles. The third-order valence-corrected chi connectivity index (χ3v) is 4.70. The van der Waals surface area contributed by atoms with Crippen LogP contribution in [0, 0.1) is 5.92 Å². The van der Waals surface area contributed by atoms with E-state index < -0.39 is 5.97 Å². The molecule has 0 unspecified atom stereocenters. The van der Waals surface area contributed by atoms with Crippen LogP contribution in [0.3, 0.4) is 0 Å². The normalized spacial score (nSPS) is 20.5. The molecular formula is C20H17NO5. The van der Waals surface area contributed by atoms with Gasteiger partial charge in [0, 0.05) is 5.69 Å². The number of β-lactam (4-membered cyclic amide) rings is 1. The highest BCUT2D eigenvalue weighted by Gasteiger charge is 2.47. The summed E-state index contributed by atoms with van der Waals surface area (Å²) < 4.78 is 15.5. The number of anilines is 1. The Bertz CT molecular complexity index is 890. The van der Waals surface area contributed by atoms with E-state index in [1.165, 1.54) is 7.11 Å². The monoisotopic (exact) mass is 351 g/mol. The van der Waals surface area contributed by atoms with E-state index in [0.29, 0.717) is 22.7 Å². The highest BCUT2D eigenvalue weighted by Crippen LogP contribution is 2.46. The molecule has 132 valence electrons. The van der Waals surface area contributed by atoms with Crippen LogP contribution in [0.4, 0.5) is 5.69 Å². The summed E-state index contributed by atoms with van der Waals surface area (Å²) in [5, 5.41) is 0. The number of rotatable bonds is 4. The van der Waals surface area contributed by atoms with Crippen molar-refractivity contribution < 1.29 is 23.8 Å². The van der Waals surface area contributed by atoms with Gasteiger partial charge in [0.25, 0.3) is 0 Å². The first-order valence-electron chi connectivity index (χ1n) is 8.17. The summed E-state index contributed by atoms with van der Waals surface area (Å²) in [7, 11) is 1.33. The number of carbonyl (C=O) groups excluding carboxylic acids is 2.